The van der Waals surface area contributed by atoms with E-state index in [-0.39, 0.29) is 5.97 Å². The van der Waals surface area contributed by atoms with Crippen molar-refractivity contribution in [2.45, 2.75) is 6.04 Å². The zero-order chi connectivity index (χ0) is 13.0. The Balaban J connectivity index is 2.22. The molecular formula is C13H14N2O3. The molecular weight excluding hydrogens is 232 g/mol. The second-order valence-corrected chi connectivity index (χ2v) is 3.97. The number of carbonyl (C=O) groups is 1. The van der Waals surface area contributed by atoms with E-state index in [1.807, 2.05) is 17.0 Å². The number of carbonyl (C=O) groups excluding carboxylic acids is 1. The third-order valence-electron chi connectivity index (χ3n) is 2.93. The Hall–Kier alpha value is -2.06. The van der Waals surface area contributed by atoms with Gasteiger partial charge in [0.25, 0.3) is 0 Å². The number of morpholine rings is 1. The summed E-state index contributed by atoms with van der Waals surface area (Å²) in [6.07, 6.45) is 0. The molecule has 0 spiro atoms. The van der Waals surface area contributed by atoms with Crippen LogP contribution in [0.25, 0.3) is 0 Å². The highest BCUT2D eigenvalue weighted by Crippen LogP contribution is 2.20. The van der Waals surface area contributed by atoms with E-state index < -0.39 is 6.04 Å². The lowest BCUT2D eigenvalue weighted by atomic mass is 10.1. The van der Waals surface area contributed by atoms with Gasteiger partial charge in [0.2, 0.25) is 0 Å². The summed E-state index contributed by atoms with van der Waals surface area (Å²) in [4.78, 5) is 13.6. The van der Waals surface area contributed by atoms with Gasteiger partial charge in [-0.3, -0.25) is 0 Å². The number of rotatable bonds is 2. The summed E-state index contributed by atoms with van der Waals surface area (Å²) in [5, 5.41) is 8.76. The smallest absolute Gasteiger partial charge is 0.330 e. The molecule has 1 saturated heterocycles. The Morgan fingerprint density at radius 3 is 2.83 bits per heavy atom. The standard InChI is InChI=1S/C13H14N2O3/c1-17-13(16)12-9-18-7-6-15(12)11-4-2-10(8-14)3-5-11/h2-5,12H,6-7,9H2,1H3. The minimum atomic E-state index is -0.420. The van der Waals surface area contributed by atoms with Crippen molar-refractivity contribution < 1.29 is 14.3 Å². The Bertz CT molecular complexity index is 464. The SMILES string of the molecule is COC(=O)C1COCCN1c1ccc(C#N)cc1. The van der Waals surface area contributed by atoms with Gasteiger partial charge in [0.05, 0.1) is 32.0 Å². The van der Waals surface area contributed by atoms with Crippen LogP contribution < -0.4 is 4.90 Å². The van der Waals surface area contributed by atoms with E-state index in [0.717, 1.165) is 5.69 Å². The molecule has 0 saturated carbocycles. The first-order valence-corrected chi connectivity index (χ1v) is 5.68. The summed E-state index contributed by atoms with van der Waals surface area (Å²) in [6, 6.07) is 8.78. The molecule has 5 heteroatoms. The van der Waals surface area contributed by atoms with Crippen molar-refractivity contribution in [3.05, 3.63) is 29.8 Å². The summed E-state index contributed by atoms with van der Waals surface area (Å²) >= 11 is 0. The first-order chi connectivity index (χ1) is 8.76. The predicted molar refractivity (Wildman–Crippen MR) is 65.1 cm³/mol. The third-order valence-corrected chi connectivity index (χ3v) is 2.93. The minimum absolute atomic E-state index is 0.306. The van der Waals surface area contributed by atoms with Crippen LogP contribution in [-0.2, 0) is 14.3 Å². The second-order valence-electron chi connectivity index (χ2n) is 3.97. The molecule has 1 fully saturated rings. The number of benzene rings is 1. The van der Waals surface area contributed by atoms with Crippen LogP contribution in [0.2, 0.25) is 0 Å². The number of anilines is 1. The normalized spacial score (nSPS) is 19.1. The molecule has 0 N–H and O–H groups in total. The van der Waals surface area contributed by atoms with E-state index in [9.17, 15) is 4.79 Å². The Morgan fingerprint density at radius 1 is 1.50 bits per heavy atom. The van der Waals surface area contributed by atoms with Crippen LogP contribution in [-0.4, -0.2) is 38.9 Å². The first-order valence-electron chi connectivity index (χ1n) is 5.68. The van der Waals surface area contributed by atoms with Gasteiger partial charge in [-0.15, -0.1) is 0 Å². The van der Waals surface area contributed by atoms with Gasteiger partial charge < -0.3 is 14.4 Å². The summed E-state index contributed by atoms with van der Waals surface area (Å²) in [5.74, 6) is -0.306. The lowest BCUT2D eigenvalue weighted by Crippen LogP contribution is -2.50. The highest BCUT2D eigenvalue weighted by molar-refractivity contribution is 5.80. The van der Waals surface area contributed by atoms with Gasteiger partial charge in [0.15, 0.2) is 6.04 Å². The first kappa shape index (κ1) is 12.4. The van der Waals surface area contributed by atoms with Crippen LogP contribution >= 0.6 is 0 Å². The topological polar surface area (TPSA) is 62.6 Å². The molecule has 0 bridgehead atoms. The van der Waals surface area contributed by atoms with E-state index in [0.29, 0.717) is 25.3 Å². The molecule has 1 aliphatic rings. The summed E-state index contributed by atoms with van der Waals surface area (Å²) < 4.78 is 10.1. The van der Waals surface area contributed by atoms with Gasteiger partial charge in [-0.2, -0.15) is 5.26 Å². The number of hydrogen-bond acceptors (Lipinski definition) is 5. The zero-order valence-electron chi connectivity index (χ0n) is 10.1. The van der Waals surface area contributed by atoms with Gasteiger partial charge in [0, 0.05) is 12.2 Å². The van der Waals surface area contributed by atoms with Crippen molar-refractivity contribution in [1.82, 2.24) is 0 Å². The average molecular weight is 246 g/mol. The van der Waals surface area contributed by atoms with Crippen molar-refractivity contribution in [2.75, 3.05) is 31.8 Å². The Kier molecular flexibility index (Phi) is 3.80. The molecule has 2 rings (SSSR count). The fourth-order valence-electron chi connectivity index (χ4n) is 1.97. The Labute approximate surface area is 106 Å². The molecule has 1 heterocycles. The fraction of sp³-hybridized carbons (Fsp3) is 0.385. The number of esters is 1. The molecule has 0 aliphatic carbocycles. The third kappa shape index (κ3) is 2.44. The second kappa shape index (κ2) is 5.52. The fourth-order valence-corrected chi connectivity index (χ4v) is 1.97. The highest BCUT2D eigenvalue weighted by atomic mass is 16.5. The number of nitriles is 1. The van der Waals surface area contributed by atoms with Crippen LogP contribution in [0, 0.1) is 11.3 Å². The van der Waals surface area contributed by atoms with Crippen LogP contribution in [0.15, 0.2) is 24.3 Å². The molecule has 0 radical (unpaired) electrons. The zero-order valence-corrected chi connectivity index (χ0v) is 10.1. The maximum Gasteiger partial charge on any atom is 0.330 e. The monoisotopic (exact) mass is 246 g/mol. The van der Waals surface area contributed by atoms with Crippen LogP contribution in [0.5, 0.6) is 0 Å². The maximum absolute atomic E-state index is 11.7. The van der Waals surface area contributed by atoms with E-state index in [1.165, 1.54) is 7.11 Å². The van der Waals surface area contributed by atoms with Gasteiger partial charge >= 0.3 is 5.97 Å². The number of ether oxygens (including phenoxy) is 2. The lowest BCUT2D eigenvalue weighted by molar-refractivity contribution is -0.144. The average Bonchev–Trinajstić information content (AvgIpc) is 2.46. The lowest BCUT2D eigenvalue weighted by Gasteiger charge is -2.35. The van der Waals surface area contributed by atoms with Gasteiger partial charge in [0.1, 0.15) is 0 Å². The van der Waals surface area contributed by atoms with E-state index >= 15 is 0 Å². The molecule has 0 amide bonds. The largest absolute Gasteiger partial charge is 0.467 e. The van der Waals surface area contributed by atoms with E-state index in [2.05, 4.69) is 6.07 Å². The molecule has 1 unspecified atom stereocenters. The van der Waals surface area contributed by atoms with Gasteiger partial charge in [-0.05, 0) is 24.3 Å². The molecule has 0 aromatic heterocycles. The summed E-state index contributed by atoms with van der Waals surface area (Å²) in [6.45, 7) is 1.53. The van der Waals surface area contributed by atoms with E-state index in [1.54, 1.807) is 12.1 Å². The minimum Gasteiger partial charge on any atom is -0.467 e. The number of hydrogen-bond donors (Lipinski definition) is 0. The number of nitrogens with zero attached hydrogens (tertiary/aromatic N) is 2. The summed E-state index contributed by atoms with van der Waals surface area (Å²) in [5.41, 5.74) is 1.49. The molecule has 1 aromatic rings. The molecule has 1 atom stereocenters. The Morgan fingerprint density at radius 2 is 2.22 bits per heavy atom. The molecule has 94 valence electrons. The number of methoxy groups -OCH3 is 1. The van der Waals surface area contributed by atoms with Gasteiger partial charge in [-0.25, -0.2) is 4.79 Å². The van der Waals surface area contributed by atoms with Crippen molar-refractivity contribution >= 4 is 11.7 Å². The van der Waals surface area contributed by atoms with Crippen LogP contribution in [0.1, 0.15) is 5.56 Å². The van der Waals surface area contributed by atoms with E-state index in [4.69, 9.17) is 14.7 Å². The summed E-state index contributed by atoms with van der Waals surface area (Å²) in [7, 11) is 1.37. The van der Waals surface area contributed by atoms with Crippen molar-refractivity contribution in [1.29, 1.82) is 5.26 Å². The molecule has 1 aromatic carbocycles. The molecule has 5 nitrogen and oxygen atoms in total. The predicted octanol–water partition coefficient (Wildman–Crippen LogP) is 0.936. The molecule has 18 heavy (non-hydrogen) atoms. The molecule has 1 aliphatic heterocycles. The van der Waals surface area contributed by atoms with Crippen LogP contribution in [0.3, 0.4) is 0 Å². The van der Waals surface area contributed by atoms with Gasteiger partial charge in [-0.1, -0.05) is 0 Å². The van der Waals surface area contributed by atoms with Crippen molar-refractivity contribution in [3.8, 4) is 6.07 Å². The van der Waals surface area contributed by atoms with Crippen LogP contribution in [0.4, 0.5) is 5.69 Å². The highest BCUT2D eigenvalue weighted by Gasteiger charge is 2.30. The van der Waals surface area contributed by atoms with Crippen molar-refractivity contribution in [3.63, 3.8) is 0 Å². The van der Waals surface area contributed by atoms with Crippen molar-refractivity contribution in [2.24, 2.45) is 0 Å². The quantitative estimate of drug-likeness (QED) is 0.727. The maximum atomic E-state index is 11.7.